The smallest absolute Gasteiger partial charge is 0.387 e. The van der Waals surface area contributed by atoms with Gasteiger partial charge in [-0.05, 0) is 17.7 Å². The zero-order valence-electron chi connectivity index (χ0n) is 18.8. The van der Waals surface area contributed by atoms with Crippen molar-refractivity contribution in [3.8, 4) is 5.75 Å². The van der Waals surface area contributed by atoms with Crippen molar-refractivity contribution in [1.82, 2.24) is 9.55 Å². The Kier molecular flexibility index (Phi) is 8.52. The number of nitrogens with one attached hydrogen (secondary N) is 1. The number of nitrogens with zero attached hydrogens (tertiary/aromatic N) is 2. The average molecular weight is 486 g/mol. The number of para-hydroxylation sites is 1. The first-order valence-corrected chi connectivity index (χ1v) is 10.5. The molecule has 0 radical (unpaired) electrons. The number of aromatic nitrogens is 2. The van der Waals surface area contributed by atoms with E-state index in [0.717, 1.165) is 15.5 Å². The standard InChI is InChI=1S/C24H24F2N4O5/c1-34-14-13-29-21(27)20(22(32)28-24(29)33)30(15-16-7-3-2-4-8-16)19(31)12-11-17-9-5-6-10-18(17)35-23(25)26/h2-12,23H,13-15,27H2,1H3,(H,28,32,33)/b12-11+. The highest BCUT2D eigenvalue weighted by molar-refractivity contribution is 6.05. The van der Waals surface area contributed by atoms with Gasteiger partial charge in [-0.2, -0.15) is 8.78 Å². The Balaban J connectivity index is 2.05. The number of rotatable bonds is 10. The number of amides is 1. The van der Waals surface area contributed by atoms with E-state index < -0.39 is 23.8 Å². The van der Waals surface area contributed by atoms with Crippen molar-refractivity contribution in [2.75, 3.05) is 24.4 Å². The summed E-state index contributed by atoms with van der Waals surface area (Å²) in [4.78, 5) is 41.6. The van der Waals surface area contributed by atoms with Gasteiger partial charge in [0, 0.05) is 18.7 Å². The van der Waals surface area contributed by atoms with E-state index >= 15 is 0 Å². The molecule has 1 amide bonds. The highest BCUT2D eigenvalue weighted by Crippen LogP contribution is 2.23. The molecule has 2 aromatic carbocycles. The molecule has 3 rings (SSSR count). The number of H-pyrrole nitrogens is 1. The third-order valence-electron chi connectivity index (χ3n) is 4.99. The lowest BCUT2D eigenvalue weighted by Crippen LogP contribution is -2.40. The largest absolute Gasteiger partial charge is 0.434 e. The molecule has 0 unspecified atom stereocenters. The monoisotopic (exact) mass is 486 g/mol. The first kappa shape index (κ1) is 25.4. The van der Waals surface area contributed by atoms with Crippen LogP contribution >= 0.6 is 0 Å². The van der Waals surface area contributed by atoms with E-state index in [4.69, 9.17) is 10.5 Å². The normalized spacial score (nSPS) is 11.2. The Labute approximate surface area is 199 Å². The number of anilines is 2. The average Bonchev–Trinajstić information content (AvgIpc) is 2.82. The lowest BCUT2D eigenvalue weighted by molar-refractivity contribution is -0.114. The van der Waals surface area contributed by atoms with E-state index in [1.54, 1.807) is 36.4 Å². The second kappa shape index (κ2) is 11.7. The molecule has 0 saturated carbocycles. The van der Waals surface area contributed by atoms with Crippen molar-refractivity contribution in [3.05, 3.63) is 92.6 Å². The highest BCUT2D eigenvalue weighted by atomic mass is 19.3. The van der Waals surface area contributed by atoms with Crippen LogP contribution in [0.2, 0.25) is 0 Å². The zero-order valence-corrected chi connectivity index (χ0v) is 18.8. The Hall–Kier alpha value is -4.25. The number of ether oxygens (including phenoxy) is 2. The summed E-state index contributed by atoms with van der Waals surface area (Å²) in [5.74, 6) is -1.00. The van der Waals surface area contributed by atoms with Gasteiger partial charge in [0.15, 0.2) is 5.69 Å². The van der Waals surface area contributed by atoms with Gasteiger partial charge in [0.25, 0.3) is 11.5 Å². The summed E-state index contributed by atoms with van der Waals surface area (Å²) in [6, 6.07) is 14.8. The summed E-state index contributed by atoms with van der Waals surface area (Å²) in [5.41, 5.74) is 5.27. The Morgan fingerprint density at radius 2 is 1.83 bits per heavy atom. The van der Waals surface area contributed by atoms with E-state index in [1.807, 2.05) is 0 Å². The minimum atomic E-state index is -3.04. The first-order valence-electron chi connectivity index (χ1n) is 10.5. The number of carbonyl (C=O) groups excluding carboxylic acids is 1. The van der Waals surface area contributed by atoms with E-state index in [1.165, 1.54) is 31.4 Å². The number of alkyl halides is 2. The summed E-state index contributed by atoms with van der Waals surface area (Å²) in [5, 5.41) is 0. The van der Waals surface area contributed by atoms with Gasteiger partial charge in [0.05, 0.1) is 19.7 Å². The molecule has 0 aliphatic carbocycles. The number of benzene rings is 2. The third-order valence-corrected chi connectivity index (χ3v) is 4.99. The van der Waals surface area contributed by atoms with Crippen molar-refractivity contribution in [2.45, 2.75) is 19.7 Å². The van der Waals surface area contributed by atoms with Gasteiger partial charge in [-0.15, -0.1) is 0 Å². The predicted molar refractivity (Wildman–Crippen MR) is 127 cm³/mol. The third kappa shape index (κ3) is 6.42. The number of nitrogens with two attached hydrogens (primary N) is 1. The van der Waals surface area contributed by atoms with Crippen LogP contribution in [-0.2, 0) is 22.6 Å². The number of nitrogen functional groups attached to an aromatic ring is 1. The maximum atomic E-state index is 13.3. The van der Waals surface area contributed by atoms with Crippen LogP contribution in [0.5, 0.6) is 5.75 Å². The van der Waals surface area contributed by atoms with Crippen LogP contribution in [0.1, 0.15) is 11.1 Å². The lowest BCUT2D eigenvalue weighted by Gasteiger charge is -2.23. The molecule has 0 aliphatic heterocycles. The fraction of sp³-hybridized carbons (Fsp3) is 0.208. The molecule has 1 aromatic heterocycles. The Morgan fingerprint density at radius 3 is 2.51 bits per heavy atom. The molecule has 0 fully saturated rings. The molecule has 9 nitrogen and oxygen atoms in total. The first-order chi connectivity index (χ1) is 16.8. The second-order valence-electron chi connectivity index (χ2n) is 7.30. The maximum absolute atomic E-state index is 13.3. The van der Waals surface area contributed by atoms with E-state index in [-0.39, 0.29) is 42.5 Å². The van der Waals surface area contributed by atoms with Crippen LogP contribution in [0, 0.1) is 0 Å². The molecule has 0 aliphatic rings. The van der Waals surface area contributed by atoms with Gasteiger partial charge in [0.2, 0.25) is 0 Å². The van der Waals surface area contributed by atoms with Gasteiger partial charge >= 0.3 is 12.3 Å². The van der Waals surface area contributed by atoms with E-state index in [2.05, 4.69) is 9.72 Å². The summed E-state index contributed by atoms with van der Waals surface area (Å²) < 4.78 is 36.0. The number of hydrogen-bond acceptors (Lipinski definition) is 6. The number of halogens is 2. The van der Waals surface area contributed by atoms with Crippen molar-refractivity contribution in [3.63, 3.8) is 0 Å². The fourth-order valence-electron chi connectivity index (χ4n) is 3.35. The summed E-state index contributed by atoms with van der Waals surface area (Å²) in [6.07, 6.45) is 2.41. The van der Waals surface area contributed by atoms with Crippen molar-refractivity contribution < 1.29 is 23.0 Å². The molecule has 184 valence electrons. The molecule has 3 N–H and O–H groups in total. The molecule has 0 atom stereocenters. The molecule has 11 heteroatoms. The summed E-state index contributed by atoms with van der Waals surface area (Å²) in [6.45, 7) is -2.90. The van der Waals surface area contributed by atoms with Crippen molar-refractivity contribution in [2.24, 2.45) is 0 Å². The van der Waals surface area contributed by atoms with Gasteiger partial charge in [-0.1, -0.05) is 48.5 Å². The van der Waals surface area contributed by atoms with E-state index in [0.29, 0.717) is 5.56 Å². The Morgan fingerprint density at radius 1 is 1.14 bits per heavy atom. The SMILES string of the molecule is COCCn1c(N)c(N(Cc2ccccc2)C(=O)/C=C/c2ccccc2OC(F)F)c(=O)[nH]c1=O. The van der Waals surface area contributed by atoms with E-state index in [9.17, 15) is 23.2 Å². The minimum absolute atomic E-state index is 0.0467. The molecule has 35 heavy (non-hydrogen) atoms. The maximum Gasteiger partial charge on any atom is 0.387 e. The van der Waals surface area contributed by atoms with Crippen molar-refractivity contribution >= 4 is 23.5 Å². The van der Waals surface area contributed by atoms with Gasteiger partial charge in [-0.25, -0.2) is 4.79 Å². The minimum Gasteiger partial charge on any atom is -0.434 e. The second-order valence-corrected chi connectivity index (χ2v) is 7.30. The summed E-state index contributed by atoms with van der Waals surface area (Å²) >= 11 is 0. The van der Waals surface area contributed by atoms with Gasteiger partial charge < -0.3 is 15.2 Å². The van der Waals surface area contributed by atoms with Gasteiger partial charge in [0.1, 0.15) is 11.6 Å². The molecule has 1 heterocycles. The van der Waals surface area contributed by atoms with Crippen molar-refractivity contribution in [1.29, 1.82) is 0 Å². The molecular weight excluding hydrogens is 462 g/mol. The summed E-state index contributed by atoms with van der Waals surface area (Å²) in [7, 11) is 1.44. The fourth-order valence-corrected chi connectivity index (χ4v) is 3.35. The van der Waals surface area contributed by atoms with Crippen LogP contribution in [0.3, 0.4) is 0 Å². The number of carbonyl (C=O) groups is 1. The van der Waals surface area contributed by atoms with Crippen LogP contribution in [0.15, 0.2) is 70.3 Å². The topological polar surface area (TPSA) is 120 Å². The molecule has 3 aromatic rings. The predicted octanol–water partition coefficient (Wildman–Crippen LogP) is 2.61. The van der Waals surface area contributed by atoms with Crippen LogP contribution in [0.25, 0.3) is 6.08 Å². The molecule has 0 bridgehead atoms. The molecular formula is C24H24F2N4O5. The zero-order chi connectivity index (χ0) is 25.4. The van der Waals surface area contributed by atoms with Crippen LogP contribution < -0.4 is 26.6 Å². The number of methoxy groups -OCH3 is 1. The van der Waals surface area contributed by atoms with Gasteiger partial charge in [-0.3, -0.25) is 24.0 Å². The number of hydrogen-bond donors (Lipinski definition) is 2. The van der Waals surface area contributed by atoms with Crippen LogP contribution in [0.4, 0.5) is 20.3 Å². The molecule has 0 spiro atoms. The molecule has 0 saturated heterocycles. The number of aromatic amines is 1. The lowest BCUT2D eigenvalue weighted by atomic mass is 10.1. The van der Waals surface area contributed by atoms with Crippen LogP contribution in [-0.4, -0.2) is 35.8 Å². The quantitative estimate of drug-likeness (QED) is 0.425. The Bertz CT molecular complexity index is 1310. The highest BCUT2D eigenvalue weighted by Gasteiger charge is 2.23.